The summed E-state index contributed by atoms with van der Waals surface area (Å²) in [5, 5.41) is 13.5. The number of ether oxygens (including phenoxy) is 1. The van der Waals surface area contributed by atoms with E-state index in [1.807, 2.05) is 25.1 Å². The predicted octanol–water partition coefficient (Wildman–Crippen LogP) is 12.4. The molecule has 1 aromatic heterocycles. The molecule has 7 rings (SSSR count). The number of ketones is 1. The van der Waals surface area contributed by atoms with Crippen LogP contribution in [0.1, 0.15) is 110 Å². The van der Waals surface area contributed by atoms with Gasteiger partial charge in [0.25, 0.3) is 15.9 Å². The van der Waals surface area contributed by atoms with Gasteiger partial charge in [0, 0.05) is 27.9 Å². The van der Waals surface area contributed by atoms with Gasteiger partial charge in [-0.2, -0.15) is 5.26 Å². The third-order valence-corrected chi connectivity index (χ3v) is 14.9. The van der Waals surface area contributed by atoms with Crippen molar-refractivity contribution in [2.75, 3.05) is 25.9 Å². The summed E-state index contributed by atoms with van der Waals surface area (Å²) in [6.07, 6.45) is 3.68. The molecule has 18 heteroatoms. The van der Waals surface area contributed by atoms with Crippen LogP contribution in [0.5, 0.6) is 0 Å². The first-order valence-electron chi connectivity index (χ1n) is 23.8. The van der Waals surface area contributed by atoms with Crippen molar-refractivity contribution >= 4 is 106 Å². The topological polar surface area (TPSA) is 218 Å². The lowest BCUT2D eigenvalue weighted by atomic mass is 9.72. The van der Waals surface area contributed by atoms with Crippen molar-refractivity contribution in [1.29, 1.82) is 5.26 Å². The highest BCUT2D eigenvalue weighted by Gasteiger charge is 2.41. The summed E-state index contributed by atoms with van der Waals surface area (Å²) in [6.45, 7) is 17.7. The monoisotopic (exact) mass is 1050 g/mol. The van der Waals surface area contributed by atoms with Crippen LogP contribution in [0.15, 0.2) is 100 Å². The first-order valence-corrected chi connectivity index (χ1v) is 27.6. The number of nitriles is 1. The maximum Gasteiger partial charge on any atom is 0.415 e. The van der Waals surface area contributed by atoms with Gasteiger partial charge in [0.05, 0.1) is 33.2 Å². The van der Waals surface area contributed by atoms with Crippen LogP contribution in [0.3, 0.4) is 0 Å². The predicted molar refractivity (Wildman–Crippen MR) is 289 cm³/mol. The molecule has 1 saturated carbocycles. The van der Waals surface area contributed by atoms with Crippen molar-refractivity contribution in [2.24, 2.45) is 10.8 Å². The fourth-order valence-electron chi connectivity index (χ4n) is 9.45. The van der Waals surface area contributed by atoms with Gasteiger partial charge in [-0.1, -0.05) is 116 Å². The van der Waals surface area contributed by atoms with Gasteiger partial charge in [-0.3, -0.25) is 23.9 Å². The summed E-state index contributed by atoms with van der Waals surface area (Å²) < 4.78 is 68.8. The van der Waals surface area contributed by atoms with E-state index in [4.69, 9.17) is 25.7 Å². The molecule has 1 heterocycles. The zero-order valence-corrected chi connectivity index (χ0v) is 45.0. The number of nitrogens with one attached hydrogen (secondary N) is 3. The van der Waals surface area contributed by atoms with Gasteiger partial charge in [-0.15, -0.1) is 0 Å². The number of anilines is 4. The van der Waals surface area contributed by atoms with Crippen LogP contribution in [-0.2, 0) is 39.8 Å². The Hall–Kier alpha value is -6.74. The minimum Gasteiger partial charge on any atom is -0.435 e. The number of hydrogen-bond acceptors (Lipinski definition) is 11. The van der Waals surface area contributed by atoms with Crippen molar-refractivity contribution in [3.63, 3.8) is 0 Å². The number of amides is 2. The van der Waals surface area contributed by atoms with Gasteiger partial charge in [0.1, 0.15) is 17.2 Å². The van der Waals surface area contributed by atoms with Crippen LogP contribution in [-0.4, -0.2) is 58.0 Å². The third-order valence-electron chi connectivity index (χ3n) is 12.6. The third kappa shape index (κ3) is 12.7. The number of Topliss-reactive ketones (excluding diaryl/α,β-unsaturated/α-hetero) is 1. The average molecular weight is 1050 g/mol. The Kier molecular flexibility index (Phi) is 15.3. The van der Waals surface area contributed by atoms with E-state index in [1.54, 1.807) is 63.2 Å². The number of fused-ring (bicyclic) bond motifs is 2. The molecule has 2 amide bonds. The fourth-order valence-corrected chi connectivity index (χ4v) is 11.5. The van der Waals surface area contributed by atoms with Crippen LogP contribution >= 0.6 is 11.6 Å². The van der Waals surface area contributed by atoms with Crippen molar-refractivity contribution in [2.45, 2.75) is 117 Å². The minimum atomic E-state index is -4.35. The number of aryl methyl sites for hydroxylation is 1. The van der Waals surface area contributed by atoms with Gasteiger partial charge in [-0.25, -0.2) is 26.6 Å². The molecule has 5 aromatic carbocycles. The second-order valence-corrected chi connectivity index (χ2v) is 25.3. The Labute approximate surface area is 432 Å². The summed E-state index contributed by atoms with van der Waals surface area (Å²) in [4.78, 5) is 48.9. The molecule has 1 unspecified atom stereocenters. The molecule has 0 bridgehead atoms. The van der Waals surface area contributed by atoms with Crippen LogP contribution < -0.4 is 19.7 Å². The smallest absolute Gasteiger partial charge is 0.415 e. The summed E-state index contributed by atoms with van der Waals surface area (Å²) >= 11 is 6.55. The zero-order valence-electron chi connectivity index (χ0n) is 42.6. The van der Waals surface area contributed by atoms with Gasteiger partial charge in [0.15, 0.2) is 11.4 Å². The molecular weight excluding hydrogens is 988 g/mol. The summed E-state index contributed by atoms with van der Waals surface area (Å²) in [5.41, 5.74) is 3.27. The van der Waals surface area contributed by atoms with E-state index < -0.39 is 49.3 Å². The molecule has 0 saturated heterocycles. The summed E-state index contributed by atoms with van der Waals surface area (Å²) in [5.74, 6) is -1.55. The molecular formula is C55H61ClN6O9S2. The molecule has 384 valence electrons. The number of allylic oxidation sites excluding steroid dienone is 1. The maximum absolute atomic E-state index is 14.5. The van der Waals surface area contributed by atoms with E-state index in [-0.39, 0.29) is 60.7 Å². The highest BCUT2D eigenvalue weighted by atomic mass is 35.5. The van der Waals surface area contributed by atoms with Crippen molar-refractivity contribution in [3.8, 4) is 6.07 Å². The summed E-state index contributed by atoms with van der Waals surface area (Å²) in [7, 11) is -8.03. The van der Waals surface area contributed by atoms with Gasteiger partial charge in [0.2, 0.25) is 22.0 Å². The quantitative estimate of drug-likeness (QED) is 0.0649. The normalized spacial score (nSPS) is 14.4. The molecule has 1 aliphatic rings. The Morgan fingerprint density at radius 2 is 1.56 bits per heavy atom. The van der Waals surface area contributed by atoms with E-state index >= 15 is 0 Å². The molecule has 1 fully saturated rings. The Balaban J connectivity index is 1.14. The molecule has 1 aliphatic carbocycles. The number of hydrogen-bond donors (Lipinski definition) is 3. The van der Waals surface area contributed by atoms with Gasteiger partial charge >= 0.3 is 6.09 Å². The number of halogens is 1. The van der Waals surface area contributed by atoms with Crippen LogP contribution in [0.4, 0.5) is 27.5 Å². The number of oxazole rings is 1. The lowest BCUT2D eigenvalue weighted by molar-refractivity contribution is -0.142. The first-order chi connectivity index (χ1) is 34.0. The minimum absolute atomic E-state index is 0.0103. The van der Waals surface area contributed by atoms with Gasteiger partial charge < -0.3 is 14.5 Å². The number of benzene rings is 5. The second-order valence-electron chi connectivity index (χ2n) is 21.5. The van der Waals surface area contributed by atoms with E-state index in [9.17, 15) is 36.5 Å². The van der Waals surface area contributed by atoms with Crippen molar-refractivity contribution < 1.29 is 40.4 Å². The van der Waals surface area contributed by atoms with Gasteiger partial charge in [-0.05, 0) is 114 Å². The largest absolute Gasteiger partial charge is 0.435 e. The highest BCUT2D eigenvalue weighted by Crippen LogP contribution is 2.39. The van der Waals surface area contributed by atoms with Crippen LogP contribution in [0.2, 0.25) is 5.02 Å². The van der Waals surface area contributed by atoms with E-state index in [1.165, 1.54) is 41.3 Å². The number of nitrogens with zero attached hydrogens (tertiary/aromatic N) is 3. The Morgan fingerprint density at radius 3 is 2.19 bits per heavy atom. The highest BCUT2D eigenvalue weighted by molar-refractivity contribution is 7.93. The SMILES string of the molecule is Cc1cc(N(C(=O)OC(C(=O)Nc2cc(NS(=O)(=O)c3ccc(NS(C)(=O)=O)c4ccccc34)ccc2Cl)C(=O)C(C)(C)C)C2CCCC2)ccc1/C=C(\C#N)c1nc2cc(C(C)(C)CC(C)(C)C)ccc2o1. The standard InChI is InChI=1S/C55H61ClN6O9S2/c1-33-27-39(22-19-34(33)28-35(31-57)51-59-45-29-36(20-25-46(45)70-51)55(8,9)32-53(2,3)4)62(38-15-11-12-16-38)52(65)71-48(49(63)54(5,6)7)50(64)58-44-30-37(21-23-42(44)56)60-73(68,69)47-26-24-43(61-72(10,66)67)40-17-13-14-18-41(40)47/h13-14,17-30,38,48,60-61H,11-12,15-16,32H2,1-10H3,(H,58,64)/b35-28+. The average Bonchev–Trinajstić information content (AvgIpc) is 3.98. The molecule has 0 radical (unpaired) electrons. The molecule has 15 nitrogen and oxygen atoms in total. The number of carbonyl (C=O) groups excluding carboxylic acids is 3. The number of carbonyl (C=O) groups is 3. The number of aromatic nitrogens is 1. The molecule has 1 atom stereocenters. The zero-order chi connectivity index (χ0) is 53.4. The molecule has 3 N–H and O–H groups in total. The fraction of sp³-hybridized carbons (Fsp3) is 0.364. The van der Waals surface area contributed by atoms with E-state index in [0.29, 0.717) is 46.1 Å². The summed E-state index contributed by atoms with van der Waals surface area (Å²) in [6, 6.07) is 26.1. The maximum atomic E-state index is 14.5. The first kappa shape index (κ1) is 54.0. The second kappa shape index (κ2) is 20.6. The lowest BCUT2D eigenvalue weighted by Gasteiger charge is -2.32. The van der Waals surface area contributed by atoms with E-state index in [2.05, 4.69) is 55.4 Å². The van der Waals surface area contributed by atoms with E-state index in [0.717, 1.165) is 31.1 Å². The van der Waals surface area contributed by atoms with Crippen LogP contribution in [0, 0.1) is 29.1 Å². The molecule has 0 aliphatic heterocycles. The lowest BCUT2D eigenvalue weighted by Crippen LogP contribution is -2.48. The Morgan fingerprint density at radius 1 is 0.877 bits per heavy atom. The van der Waals surface area contributed by atoms with Crippen molar-refractivity contribution in [1.82, 2.24) is 4.98 Å². The number of sulfonamides is 2. The van der Waals surface area contributed by atoms with Crippen LogP contribution in [0.25, 0.3) is 33.5 Å². The molecule has 0 spiro atoms. The Bertz CT molecular complexity index is 3450. The molecule has 73 heavy (non-hydrogen) atoms. The molecule has 6 aromatic rings. The van der Waals surface area contributed by atoms with Crippen molar-refractivity contribution in [3.05, 3.63) is 119 Å². The number of rotatable bonds is 15.